The Hall–Kier alpha value is -3.59. The van der Waals surface area contributed by atoms with Crippen molar-refractivity contribution in [2.75, 3.05) is 20.8 Å². The van der Waals surface area contributed by atoms with E-state index in [0.29, 0.717) is 27.0 Å². The summed E-state index contributed by atoms with van der Waals surface area (Å²) in [5.41, 5.74) is 2.20. The van der Waals surface area contributed by atoms with E-state index in [4.69, 9.17) is 14.5 Å². The third kappa shape index (κ3) is 4.67. The second-order valence-corrected chi connectivity index (χ2v) is 7.53. The number of carbonyl (C=O) groups is 3. The molecule has 8 nitrogen and oxygen atoms in total. The number of allylic oxidation sites excluding steroid dienone is 1. The number of hydrogen-bond acceptors (Lipinski definition) is 8. The average molecular weight is 455 g/mol. The van der Waals surface area contributed by atoms with Crippen molar-refractivity contribution >= 4 is 40.3 Å². The van der Waals surface area contributed by atoms with Gasteiger partial charge in [0.15, 0.2) is 5.82 Å². The number of fused-ring (bicyclic) bond motifs is 1. The molecule has 0 amide bonds. The zero-order chi connectivity index (χ0) is 23.3. The Kier molecular flexibility index (Phi) is 7.32. The van der Waals surface area contributed by atoms with Gasteiger partial charge in [-0.15, -0.1) is 0 Å². The van der Waals surface area contributed by atoms with Crippen molar-refractivity contribution in [1.82, 2.24) is 9.55 Å². The largest absolute Gasteiger partial charge is 0.466 e. The number of nitrogens with zero attached hydrogens (tertiary/aromatic N) is 2. The first kappa shape index (κ1) is 23.1. The molecule has 0 radical (unpaired) electrons. The highest BCUT2D eigenvalue weighted by Gasteiger charge is 2.32. The van der Waals surface area contributed by atoms with E-state index in [-0.39, 0.29) is 12.2 Å². The van der Waals surface area contributed by atoms with Crippen molar-refractivity contribution in [2.24, 2.45) is 0 Å². The molecule has 0 saturated carbocycles. The molecular weight excluding hydrogens is 432 g/mol. The van der Waals surface area contributed by atoms with Crippen LogP contribution in [0.5, 0.6) is 0 Å². The van der Waals surface area contributed by atoms with Gasteiger partial charge >= 0.3 is 17.9 Å². The van der Waals surface area contributed by atoms with Gasteiger partial charge < -0.3 is 18.8 Å². The average Bonchev–Trinajstić information content (AvgIpc) is 3.26. The Labute approximate surface area is 189 Å². The monoisotopic (exact) mass is 454 g/mol. The van der Waals surface area contributed by atoms with Gasteiger partial charge in [0.05, 0.1) is 37.0 Å². The maximum atomic E-state index is 12.6. The molecular formula is C23H22N2O6S. The Morgan fingerprint density at radius 2 is 1.81 bits per heavy atom. The fourth-order valence-corrected chi connectivity index (χ4v) is 4.09. The van der Waals surface area contributed by atoms with Crippen molar-refractivity contribution in [3.05, 3.63) is 65.0 Å². The first-order valence-corrected chi connectivity index (χ1v) is 10.5. The molecule has 1 aromatic carbocycles. The summed E-state index contributed by atoms with van der Waals surface area (Å²) >= 11 is 1.05. The molecule has 2 heterocycles. The number of hydrogen-bond donors (Lipinski definition) is 0. The van der Waals surface area contributed by atoms with Gasteiger partial charge in [-0.2, -0.15) is 0 Å². The van der Waals surface area contributed by atoms with Gasteiger partial charge in [-0.25, -0.2) is 19.4 Å². The van der Waals surface area contributed by atoms with Crippen LogP contribution in [0.1, 0.15) is 19.7 Å². The van der Waals surface area contributed by atoms with Crippen LogP contribution >= 0.6 is 11.8 Å². The minimum Gasteiger partial charge on any atom is -0.466 e. The molecule has 9 heteroatoms. The zero-order valence-corrected chi connectivity index (χ0v) is 18.9. The number of carbonyl (C=O) groups excluding carboxylic acids is 3. The molecule has 2 aromatic rings. The van der Waals surface area contributed by atoms with Gasteiger partial charge in [-0.3, -0.25) is 0 Å². The van der Waals surface area contributed by atoms with Gasteiger partial charge in [-0.1, -0.05) is 42.1 Å². The van der Waals surface area contributed by atoms with Gasteiger partial charge in [0, 0.05) is 23.5 Å². The van der Waals surface area contributed by atoms with Crippen molar-refractivity contribution in [3.8, 4) is 11.3 Å². The fraction of sp³-hybridized carbons (Fsp3) is 0.217. The minimum atomic E-state index is -0.689. The Morgan fingerprint density at radius 1 is 1.09 bits per heavy atom. The number of benzene rings is 1. The first-order valence-electron chi connectivity index (χ1n) is 9.71. The van der Waals surface area contributed by atoms with E-state index in [0.717, 1.165) is 23.4 Å². The number of thioether (sulfide) groups is 1. The second kappa shape index (κ2) is 10.1. The number of aromatic nitrogens is 2. The summed E-state index contributed by atoms with van der Waals surface area (Å²) in [6.07, 6.45) is 4.20. The Balaban J connectivity index is 2.27. The summed E-state index contributed by atoms with van der Waals surface area (Å²) in [6.45, 7) is 3.69. The van der Waals surface area contributed by atoms with Crippen LogP contribution in [0.2, 0.25) is 0 Å². The molecule has 32 heavy (non-hydrogen) atoms. The zero-order valence-electron chi connectivity index (χ0n) is 18.1. The molecule has 0 aliphatic carbocycles. The molecule has 0 fully saturated rings. The standard InChI is InChI=1S/C23H22N2O6S/c1-5-31-23(28)19-14(2)25-13-17(15-9-7-6-8-10-15)24-21(25)20(32-19)16(22(27)30-4)11-12-18(26)29-3/h6-13H,5H2,1-4H3/b12-11+,20-16-. The van der Waals surface area contributed by atoms with Crippen molar-refractivity contribution in [1.29, 1.82) is 0 Å². The molecule has 0 bridgehead atoms. The van der Waals surface area contributed by atoms with Crippen molar-refractivity contribution in [2.45, 2.75) is 13.8 Å². The van der Waals surface area contributed by atoms with Crippen LogP contribution < -0.4 is 0 Å². The normalized spacial score (nSPS) is 14.8. The fourth-order valence-electron chi connectivity index (χ4n) is 3.00. The summed E-state index contributed by atoms with van der Waals surface area (Å²) in [6, 6.07) is 9.51. The maximum Gasteiger partial charge on any atom is 0.346 e. The lowest BCUT2D eigenvalue weighted by atomic mass is 10.2. The number of esters is 3. The van der Waals surface area contributed by atoms with E-state index < -0.39 is 17.9 Å². The molecule has 0 spiro atoms. The van der Waals surface area contributed by atoms with Crippen molar-refractivity contribution < 1.29 is 28.6 Å². The number of imidazole rings is 1. The molecule has 166 valence electrons. The van der Waals surface area contributed by atoms with Gasteiger partial charge in [-0.05, 0) is 19.9 Å². The smallest absolute Gasteiger partial charge is 0.346 e. The highest BCUT2D eigenvalue weighted by atomic mass is 32.2. The summed E-state index contributed by atoms with van der Waals surface area (Å²) in [7, 11) is 2.47. The predicted octanol–water partition coefficient (Wildman–Crippen LogP) is 3.66. The maximum absolute atomic E-state index is 12.6. The van der Waals surface area contributed by atoms with Gasteiger partial charge in [0.2, 0.25) is 0 Å². The number of methoxy groups -OCH3 is 2. The van der Waals surface area contributed by atoms with E-state index in [9.17, 15) is 14.4 Å². The van der Waals surface area contributed by atoms with E-state index in [2.05, 4.69) is 4.74 Å². The Morgan fingerprint density at radius 3 is 2.44 bits per heavy atom. The lowest BCUT2D eigenvalue weighted by Crippen LogP contribution is -2.16. The molecule has 0 N–H and O–H groups in total. The van der Waals surface area contributed by atoms with Gasteiger partial charge in [0.25, 0.3) is 0 Å². The molecule has 1 aromatic heterocycles. The van der Waals surface area contributed by atoms with Crippen LogP contribution in [0.15, 0.2) is 59.2 Å². The van der Waals surface area contributed by atoms with Crippen LogP contribution in [0.25, 0.3) is 21.9 Å². The third-order valence-corrected chi connectivity index (χ3v) is 5.84. The minimum absolute atomic E-state index is 0.0589. The topological polar surface area (TPSA) is 96.7 Å². The molecule has 1 aliphatic rings. The van der Waals surface area contributed by atoms with Crippen molar-refractivity contribution in [3.63, 3.8) is 0 Å². The highest BCUT2D eigenvalue weighted by molar-refractivity contribution is 8.12. The number of rotatable bonds is 6. The van der Waals surface area contributed by atoms with Crippen LogP contribution in [0.3, 0.4) is 0 Å². The third-order valence-electron chi connectivity index (χ3n) is 4.57. The lowest BCUT2D eigenvalue weighted by Gasteiger charge is -2.21. The second-order valence-electron chi connectivity index (χ2n) is 6.51. The summed E-state index contributed by atoms with van der Waals surface area (Å²) < 4.78 is 16.5. The van der Waals surface area contributed by atoms with E-state index in [1.54, 1.807) is 24.6 Å². The molecule has 3 rings (SSSR count). The van der Waals surface area contributed by atoms with E-state index in [1.807, 2.05) is 30.3 Å². The molecule has 0 saturated heterocycles. The first-order chi connectivity index (χ1) is 15.4. The summed E-state index contributed by atoms with van der Waals surface area (Å²) in [5, 5.41) is 0. The van der Waals surface area contributed by atoms with Crippen LogP contribution in [-0.4, -0.2) is 48.3 Å². The predicted molar refractivity (Wildman–Crippen MR) is 121 cm³/mol. The molecule has 0 atom stereocenters. The summed E-state index contributed by atoms with van der Waals surface area (Å²) in [5.74, 6) is -1.41. The lowest BCUT2D eigenvalue weighted by molar-refractivity contribution is -0.138. The summed E-state index contributed by atoms with van der Waals surface area (Å²) in [4.78, 5) is 42.3. The number of ether oxygens (including phenoxy) is 3. The van der Waals surface area contributed by atoms with Crippen LogP contribution in [0, 0.1) is 0 Å². The Bertz CT molecular complexity index is 1140. The highest BCUT2D eigenvalue weighted by Crippen LogP contribution is 2.45. The van der Waals surface area contributed by atoms with Crippen LogP contribution in [0.4, 0.5) is 0 Å². The SMILES string of the molecule is CCOC(=O)C1=C(C)n2cc(-c3ccccc3)nc2/C(=C(\C=C\C(=O)OC)C(=O)OC)S1. The van der Waals surface area contributed by atoms with Crippen LogP contribution in [-0.2, 0) is 28.6 Å². The quantitative estimate of drug-likeness (QED) is 0.371. The van der Waals surface area contributed by atoms with E-state index >= 15 is 0 Å². The molecule has 0 unspecified atom stereocenters. The molecule has 1 aliphatic heterocycles. The van der Waals surface area contributed by atoms with E-state index in [1.165, 1.54) is 20.3 Å². The van der Waals surface area contributed by atoms with Gasteiger partial charge in [0.1, 0.15) is 4.91 Å².